The van der Waals surface area contributed by atoms with E-state index in [1.54, 1.807) is 43.5 Å². The van der Waals surface area contributed by atoms with E-state index >= 15 is 0 Å². The fourth-order valence-corrected chi connectivity index (χ4v) is 6.59. The van der Waals surface area contributed by atoms with E-state index in [0.717, 1.165) is 40.1 Å². The lowest BCUT2D eigenvalue weighted by molar-refractivity contribution is 0.00206. The summed E-state index contributed by atoms with van der Waals surface area (Å²) in [5.41, 5.74) is 5.17. The van der Waals surface area contributed by atoms with Crippen LogP contribution in [0, 0.1) is 0 Å². The summed E-state index contributed by atoms with van der Waals surface area (Å²) in [6, 6.07) is 22.5. The molecule has 0 unspecified atom stereocenters. The standard InChI is InChI=1S/C41H48N4O8/c1-3-42-39(46)31-10-7-30(8-11-31)28-45-40(47)33-6-4-5-32-35(13-12-34(38(32)33)41(45)48)43-16-15-29-9-14-36(37(27-29)49-2)44-17-19-50-21-23-52-25-26-53-24-22-51-20-18-44/h4-14,27,43H,3,15-26,28H2,1-2H3,(H,42,46). The number of ether oxygens (including phenoxy) is 5. The van der Waals surface area contributed by atoms with Gasteiger partial charge < -0.3 is 39.2 Å². The molecule has 0 bridgehead atoms. The summed E-state index contributed by atoms with van der Waals surface area (Å²) in [5, 5.41) is 7.79. The molecular formula is C41H48N4O8. The number of anilines is 2. The topological polar surface area (TPSA) is 128 Å². The molecule has 2 aliphatic rings. The van der Waals surface area contributed by atoms with E-state index in [9.17, 15) is 14.4 Å². The van der Waals surface area contributed by atoms with E-state index in [-0.39, 0.29) is 24.3 Å². The monoisotopic (exact) mass is 724 g/mol. The number of nitrogens with one attached hydrogen (secondary N) is 2. The minimum absolute atomic E-state index is 0.107. The molecule has 0 aromatic heterocycles. The maximum atomic E-state index is 13.7. The fourth-order valence-electron chi connectivity index (χ4n) is 6.59. The smallest absolute Gasteiger partial charge is 0.261 e. The third-order valence-electron chi connectivity index (χ3n) is 9.33. The lowest BCUT2D eigenvalue weighted by Gasteiger charge is -2.28. The molecule has 12 heteroatoms. The van der Waals surface area contributed by atoms with Crippen LogP contribution in [0.3, 0.4) is 0 Å². The molecule has 0 saturated carbocycles. The molecule has 53 heavy (non-hydrogen) atoms. The first-order chi connectivity index (χ1) is 26.0. The van der Waals surface area contributed by atoms with Crippen LogP contribution >= 0.6 is 0 Å². The van der Waals surface area contributed by atoms with Crippen LogP contribution in [-0.2, 0) is 31.9 Å². The molecule has 2 heterocycles. The van der Waals surface area contributed by atoms with Crippen molar-refractivity contribution >= 4 is 39.9 Å². The molecular weight excluding hydrogens is 676 g/mol. The first-order valence-corrected chi connectivity index (χ1v) is 18.2. The summed E-state index contributed by atoms with van der Waals surface area (Å²) < 4.78 is 28.6. The van der Waals surface area contributed by atoms with Crippen molar-refractivity contribution in [3.63, 3.8) is 0 Å². The second kappa shape index (κ2) is 18.7. The Balaban J connectivity index is 1.11. The van der Waals surface area contributed by atoms with E-state index in [4.69, 9.17) is 23.7 Å². The van der Waals surface area contributed by atoms with Crippen LogP contribution < -0.4 is 20.3 Å². The van der Waals surface area contributed by atoms with Gasteiger partial charge in [0.05, 0.1) is 72.2 Å². The van der Waals surface area contributed by atoms with Gasteiger partial charge in [-0.25, -0.2) is 0 Å². The van der Waals surface area contributed by atoms with Crippen molar-refractivity contribution in [1.82, 2.24) is 10.2 Å². The summed E-state index contributed by atoms with van der Waals surface area (Å²) in [6.45, 7) is 8.76. The van der Waals surface area contributed by atoms with E-state index in [2.05, 4.69) is 33.7 Å². The molecule has 1 saturated heterocycles. The summed E-state index contributed by atoms with van der Waals surface area (Å²) in [6.07, 6.45) is 0.719. The summed E-state index contributed by atoms with van der Waals surface area (Å²) >= 11 is 0. The minimum Gasteiger partial charge on any atom is -0.495 e. The quantitative estimate of drug-likeness (QED) is 0.217. The summed E-state index contributed by atoms with van der Waals surface area (Å²) in [7, 11) is 1.68. The predicted octanol–water partition coefficient (Wildman–Crippen LogP) is 4.94. The number of benzene rings is 4. The van der Waals surface area contributed by atoms with Gasteiger partial charge in [0, 0.05) is 59.3 Å². The lowest BCUT2D eigenvalue weighted by Crippen LogP contribution is -2.39. The Labute approximate surface area is 310 Å². The van der Waals surface area contributed by atoms with Crippen molar-refractivity contribution in [1.29, 1.82) is 0 Å². The Hall–Kier alpha value is -5.01. The number of imide groups is 1. The Morgan fingerprint density at radius 3 is 2.02 bits per heavy atom. The molecule has 6 rings (SSSR count). The SMILES string of the molecule is CCNC(=O)c1ccc(CN2C(=O)c3cccc4c(NCCc5ccc(N6CCOCCOCCOCCOCC6)c(OC)c5)ccc(c34)C2=O)cc1. The third-order valence-corrected chi connectivity index (χ3v) is 9.33. The van der Waals surface area contributed by atoms with Crippen LogP contribution in [0.2, 0.25) is 0 Å². The van der Waals surface area contributed by atoms with E-state index in [0.29, 0.717) is 101 Å². The van der Waals surface area contributed by atoms with Crippen molar-refractivity contribution < 1.29 is 38.1 Å². The molecule has 0 spiro atoms. The maximum absolute atomic E-state index is 13.7. The Bertz CT molecular complexity index is 1840. The van der Waals surface area contributed by atoms with Crippen molar-refractivity contribution in [3.8, 4) is 5.75 Å². The van der Waals surface area contributed by atoms with Gasteiger partial charge in [-0.1, -0.05) is 30.3 Å². The number of nitrogens with zero attached hydrogens (tertiary/aromatic N) is 2. The maximum Gasteiger partial charge on any atom is 0.261 e. The van der Waals surface area contributed by atoms with Crippen molar-refractivity contribution in [2.45, 2.75) is 19.9 Å². The van der Waals surface area contributed by atoms with Gasteiger partial charge in [-0.3, -0.25) is 19.3 Å². The number of methoxy groups -OCH3 is 1. The highest BCUT2D eigenvalue weighted by Crippen LogP contribution is 2.35. The zero-order valence-corrected chi connectivity index (χ0v) is 30.5. The minimum atomic E-state index is -0.343. The number of rotatable bonds is 10. The van der Waals surface area contributed by atoms with Gasteiger partial charge in [0.25, 0.3) is 17.7 Å². The largest absolute Gasteiger partial charge is 0.495 e. The van der Waals surface area contributed by atoms with Crippen LogP contribution in [0.5, 0.6) is 5.75 Å². The van der Waals surface area contributed by atoms with Crippen LogP contribution in [-0.4, -0.2) is 109 Å². The van der Waals surface area contributed by atoms with Crippen molar-refractivity contribution in [2.24, 2.45) is 0 Å². The van der Waals surface area contributed by atoms with E-state index in [1.165, 1.54) is 4.90 Å². The first-order valence-electron chi connectivity index (χ1n) is 18.2. The Morgan fingerprint density at radius 1 is 0.755 bits per heavy atom. The third kappa shape index (κ3) is 9.33. The van der Waals surface area contributed by atoms with Crippen LogP contribution in [0.4, 0.5) is 11.4 Å². The number of carbonyl (C=O) groups excluding carboxylic acids is 3. The van der Waals surface area contributed by atoms with Gasteiger partial charge in [0.2, 0.25) is 0 Å². The van der Waals surface area contributed by atoms with Crippen LogP contribution in [0.1, 0.15) is 49.1 Å². The number of hydrogen-bond acceptors (Lipinski definition) is 10. The van der Waals surface area contributed by atoms with Crippen molar-refractivity contribution in [3.05, 3.63) is 101 Å². The van der Waals surface area contributed by atoms with Crippen LogP contribution in [0.15, 0.2) is 72.8 Å². The molecule has 12 nitrogen and oxygen atoms in total. The normalized spacial score (nSPS) is 16.2. The second-order valence-electron chi connectivity index (χ2n) is 12.8. The second-order valence-corrected chi connectivity index (χ2v) is 12.8. The molecule has 1 fully saturated rings. The zero-order chi connectivity index (χ0) is 37.0. The average molecular weight is 725 g/mol. The summed E-state index contributed by atoms with van der Waals surface area (Å²) in [4.78, 5) is 43.1. The molecule has 0 aliphatic carbocycles. The molecule has 2 N–H and O–H groups in total. The van der Waals surface area contributed by atoms with Gasteiger partial charge in [0.15, 0.2) is 0 Å². The predicted molar refractivity (Wildman–Crippen MR) is 203 cm³/mol. The number of carbonyl (C=O) groups is 3. The highest BCUT2D eigenvalue weighted by molar-refractivity contribution is 6.26. The molecule has 2 aliphatic heterocycles. The molecule has 3 amide bonds. The van der Waals surface area contributed by atoms with Gasteiger partial charge in [0.1, 0.15) is 5.75 Å². The van der Waals surface area contributed by atoms with Gasteiger partial charge >= 0.3 is 0 Å². The first kappa shape index (κ1) is 37.7. The number of hydrogen-bond donors (Lipinski definition) is 2. The fraction of sp³-hybridized carbons (Fsp3) is 0.390. The molecule has 280 valence electrons. The highest BCUT2D eigenvalue weighted by atomic mass is 16.6. The average Bonchev–Trinajstić information content (AvgIpc) is 3.19. The number of amides is 3. The zero-order valence-electron chi connectivity index (χ0n) is 30.5. The molecule has 4 aromatic carbocycles. The van der Waals surface area contributed by atoms with Gasteiger partial charge in [-0.15, -0.1) is 0 Å². The molecule has 4 aromatic rings. The molecule has 0 radical (unpaired) electrons. The van der Waals surface area contributed by atoms with Gasteiger partial charge in [-0.05, 0) is 66.9 Å². The summed E-state index contributed by atoms with van der Waals surface area (Å²) in [5.74, 6) is -0.0778. The van der Waals surface area contributed by atoms with Crippen molar-refractivity contribution in [2.75, 3.05) is 96.4 Å². The molecule has 0 atom stereocenters. The van der Waals surface area contributed by atoms with E-state index in [1.807, 2.05) is 25.1 Å². The highest BCUT2D eigenvalue weighted by Gasteiger charge is 2.33. The lowest BCUT2D eigenvalue weighted by atomic mass is 9.92. The Morgan fingerprint density at radius 2 is 1.38 bits per heavy atom. The van der Waals surface area contributed by atoms with Gasteiger partial charge in [-0.2, -0.15) is 0 Å². The Kier molecular flexibility index (Phi) is 13.3. The van der Waals surface area contributed by atoms with E-state index < -0.39 is 0 Å². The van der Waals surface area contributed by atoms with Crippen LogP contribution in [0.25, 0.3) is 10.8 Å².